The number of para-hydroxylation sites is 1. The van der Waals surface area contributed by atoms with Gasteiger partial charge in [0.1, 0.15) is 0 Å². The molecule has 1 aliphatic carbocycles. The Labute approximate surface area is 122 Å². The Balaban J connectivity index is 1.90. The van der Waals surface area contributed by atoms with Gasteiger partial charge >= 0.3 is 0 Å². The number of benzene rings is 1. The third-order valence-corrected chi connectivity index (χ3v) is 4.24. The van der Waals surface area contributed by atoms with Crippen LogP contribution in [-0.4, -0.2) is 11.2 Å². The van der Waals surface area contributed by atoms with Gasteiger partial charge < -0.3 is 10.6 Å². The zero-order valence-corrected chi connectivity index (χ0v) is 12.7. The molecule has 0 saturated heterocycles. The highest BCUT2D eigenvalue weighted by Gasteiger charge is 2.27. The van der Waals surface area contributed by atoms with Crippen molar-refractivity contribution in [1.29, 1.82) is 0 Å². The second-order valence-corrected chi connectivity index (χ2v) is 6.17. The van der Waals surface area contributed by atoms with E-state index in [-0.39, 0.29) is 0 Å². The summed E-state index contributed by atoms with van der Waals surface area (Å²) in [6, 6.07) is 10.6. The van der Waals surface area contributed by atoms with E-state index >= 15 is 0 Å². The van der Waals surface area contributed by atoms with Crippen LogP contribution < -0.4 is 10.6 Å². The molecule has 1 saturated carbocycles. The van der Waals surface area contributed by atoms with E-state index in [4.69, 9.17) is 12.2 Å². The first-order chi connectivity index (χ1) is 9.16. The Kier molecular flexibility index (Phi) is 5.20. The van der Waals surface area contributed by atoms with Crippen LogP contribution in [0.15, 0.2) is 30.3 Å². The fourth-order valence-electron chi connectivity index (χ4n) is 2.99. The molecule has 2 rings (SSSR count). The van der Waals surface area contributed by atoms with E-state index in [1.165, 1.54) is 25.7 Å². The van der Waals surface area contributed by atoms with E-state index < -0.39 is 0 Å². The molecular weight excluding hydrogens is 252 g/mol. The maximum Gasteiger partial charge on any atom is 0.171 e. The van der Waals surface area contributed by atoms with Gasteiger partial charge in [-0.15, -0.1) is 0 Å². The van der Waals surface area contributed by atoms with E-state index in [9.17, 15) is 0 Å². The van der Waals surface area contributed by atoms with Crippen molar-refractivity contribution >= 4 is 23.0 Å². The van der Waals surface area contributed by atoms with Crippen LogP contribution in [0.2, 0.25) is 0 Å². The SMILES string of the molecule is CC(C)C1CCCCC1NC(=S)Nc1ccccc1. The first kappa shape index (κ1) is 14.3. The lowest BCUT2D eigenvalue weighted by molar-refractivity contribution is 0.225. The second kappa shape index (κ2) is 6.90. The molecule has 0 aromatic heterocycles. The quantitative estimate of drug-likeness (QED) is 0.810. The highest BCUT2D eigenvalue weighted by molar-refractivity contribution is 7.80. The molecule has 2 atom stereocenters. The summed E-state index contributed by atoms with van der Waals surface area (Å²) in [5.74, 6) is 1.46. The van der Waals surface area contributed by atoms with Crippen molar-refractivity contribution in [3.63, 3.8) is 0 Å². The molecule has 0 aliphatic heterocycles. The van der Waals surface area contributed by atoms with Gasteiger partial charge in [-0.2, -0.15) is 0 Å². The summed E-state index contributed by atoms with van der Waals surface area (Å²) >= 11 is 5.43. The van der Waals surface area contributed by atoms with Gasteiger partial charge in [0.25, 0.3) is 0 Å². The lowest BCUT2D eigenvalue weighted by atomic mass is 9.78. The molecule has 0 bridgehead atoms. The Hall–Kier alpha value is -1.09. The molecule has 0 radical (unpaired) electrons. The molecule has 19 heavy (non-hydrogen) atoms. The third-order valence-electron chi connectivity index (χ3n) is 4.02. The van der Waals surface area contributed by atoms with Crippen molar-refractivity contribution in [2.45, 2.75) is 45.6 Å². The molecule has 0 heterocycles. The standard InChI is InChI=1S/C16H24N2S/c1-12(2)14-10-6-7-11-15(14)18-16(19)17-13-8-4-3-5-9-13/h3-5,8-9,12,14-15H,6-7,10-11H2,1-2H3,(H2,17,18,19). The maximum atomic E-state index is 5.43. The van der Waals surface area contributed by atoms with Gasteiger partial charge in [0.15, 0.2) is 5.11 Å². The first-order valence-electron chi connectivity index (χ1n) is 7.29. The van der Waals surface area contributed by atoms with Gasteiger partial charge in [0.05, 0.1) is 0 Å². The number of anilines is 1. The van der Waals surface area contributed by atoms with Crippen LogP contribution in [0, 0.1) is 11.8 Å². The molecule has 2 unspecified atom stereocenters. The molecule has 1 fully saturated rings. The molecule has 2 nitrogen and oxygen atoms in total. The van der Waals surface area contributed by atoms with Crippen LogP contribution in [0.4, 0.5) is 5.69 Å². The van der Waals surface area contributed by atoms with Crippen LogP contribution in [0.25, 0.3) is 0 Å². The number of hydrogen-bond donors (Lipinski definition) is 2. The average Bonchev–Trinajstić information content (AvgIpc) is 2.40. The van der Waals surface area contributed by atoms with Gasteiger partial charge in [-0.1, -0.05) is 44.9 Å². The Morgan fingerprint density at radius 2 is 1.84 bits per heavy atom. The van der Waals surface area contributed by atoms with Gasteiger partial charge in [-0.25, -0.2) is 0 Å². The summed E-state index contributed by atoms with van der Waals surface area (Å²) in [6.45, 7) is 4.64. The summed E-state index contributed by atoms with van der Waals surface area (Å²) in [5.41, 5.74) is 1.05. The van der Waals surface area contributed by atoms with Gasteiger partial charge in [-0.3, -0.25) is 0 Å². The number of hydrogen-bond acceptors (Lipinski definition) is 1. The minimum atomic E-state index is 0.525. The zero-order chi connectivity index (χ0) is 13.7. The summed E-state index contributed by atoms with van der Waals surface area (Å²) in [4.78, 5) is 0. The normalized spacial score (nSPS) is 23.1. The predicted octanol–water partition coefficient (Wildman–Crippen LogP) is 4.19. The molecule has 1 aromatic carbocycles. The minimum absolute atomic E-state index is 0.525. The van der Waals surface area contributed by atoms with Crippen molar-refractivity contribution in [1.82, 2.24) is 5.32 Å². The van der Waals surface area contributed by atoms with Crippen molar-refractivity contribution in [3.05, 3.63) is 30.3 Å². The van der Waals surface area contributed by atoms with Crippen LogP contribution >= 0.6 is 12.2 Å². The van der Waals surface area contributed by atoms with E-state index in [0.717, 1.165) is 22.6 Å². The topological polar surface area (TPSA) is 24.1 Å². The summed E-state index contributed by atoms with van der Waals surface area (Å²) in [6.07, 6.45) is 5.23. The van der Waals surface area contributed by atoms with E-state index in [0.29, 0.717) is 6.04 Å². The summed E-state index contributed by atoms with van der Waals surface area (Å²) in [7, 11) is 0. The highest BCUT2D eigenvalue weighted by atomic mass is 32.1. The number of nitrogens with one attached hydrogen (secondary N) is 2. The lowest BCUT2D eigenvalue weighted by Gasteiger charge is -2.35. The van der Waals surface area contributed by atoms with Crippen LogP contribution in [0.1, 0.15) is 39.5 Å². The zero-order valence-electron chi connectivity index (χ0n) is 11.9. The second-order valence-electron chi connectivity index (χ2n) is 5.76. The molecule has 1 aromatic rings. The lowest BCUT2D eigenvalue weighted by Crippen LogP contribution is -2.45. The molecule has 0 amide bonds. The van der Waals surface area contributed by atoms with Crippen molar-refractivity contribution in [2.75, 3.05) is 5.32 Å². The van der Waals surface area contributed by atoms with Crippen molar-refractivity contribution in [2.24, 2.45) is 11.8 Å². The molecule has 2 N–H and O–H groups in total. The minimum Gasteiger partial charge on any atom is -0.359 e. The molecule has 104 valence electrons. The molecule has 1 aliphatic rings. The molecule has 3 heteroatoms. The van der Waals surface area contributed by atoms with Gasteiger partial charge in [-0.05, 0) is 49.0 Å². The summed E-state index contributed by atoms with van der Waals surface area (Å²) < 4.78 is 0. The van der Waals surface area contributed by atoms with E-state index in [1.807, 2.05) is 30.3 Å². The predicted molar refractivity (Wildman–Crippen MR) is 86.4 cm³/mol. The highest BCUT2D eigenvalue weighted by Crippen LogP contribution is 2.30. The molecule has 0 spiro atoms. The van der Waals surface area contributed by atoms with Crippen molar-refractivity contribution < 1.29 is 0 Å². The molecular formula is C16H24N2S. The Bertz CT molecular complexity index is 402. The summed E-state index contributed by atoms with van der Waals surface area (Å²) in [5, 5.41) is 7.54. The maximum absolute atomic E-state index is 5.43. The fraction of sp³-hybridized carbons (Fsp3) is 0.562. The van der Waals surface area contributed by atoms with E-state index in [1.54, 1.807) is 0 Å². The number of thiocarbonyl (C=S) groups is 1. The fourth-order valence-corrected chi connectivity index (χ4v) is 3.26. The van der Waals surface area contributed by atoms with Crippen LogP contribution in [-0.2, 0) is 0 Å². The Morgan fingerprint density at radius 3 is 2.53 bits per heavy atom. The van der Waals surface area contributed by atoms with Crippen LogP contribution in [0.3, 0.4) is 0 Å². The Morgan fingerprint density at radius 1 is 1.16 bits per heavy atom. The van der Waals surface area contributed by atoms with Crippen molar-refractivity contribution in [3.8, 4) is 0 Å². The third kappa shape index (κ3) is 4.20. The van der Waals surface area contributed by atoms with E-state index in [2.05, 4.69) is 24.5 Å². The monoisotopic (exact) mass is 276 g/mol. The smallest absolute Gasteiger partial charge is 0.171 e. The average molecular weight is 276 g/mol. The van der Waals surface area contributed by atoms with Crippen LogP contribution in [0.5, 0.6) is 0 Å². The number of rotatable bonds is 3. The largest absolute Gasteiger partial charge is 0.359 e. The first-order valence-corrected chi connectivity index (χ1v) is 7.70. The van der Waals surface area contributed by atoms with Gasteiger partial charge in [0, 0.05) is 11.7 Å². The van der Waals surface area contributed by atoms with Gasteiger partial charge in [0.2, 0.25) is 0 Å².